The number of halogens is 2. The van der Waals surface area contributed by atoms with Crippen LogP contribution in [0.15, 0.2) is 28.6 Å². The Morgan fingerprint density at radius 1 is 1.37 bits per heavy atom. The van der Waals surface area contributed by atoms with Crippen molar-refractivity contribution >= 4 is 26.5 Å². The Labute approximate surface area is 112 Å². The van der Waals surface area contributed by atoms with E-state index in [1.54, 1.807) is 5.38 Å². The first kappa shape index (κ1) is 13.8. The largest absolute Gasteiger partial charge is 0.326 e. The average Bonchev–Trinajstić information content (AvgIpc) is 2.81. The second-order valence-corrected chi connectivity index (χ2v) is 6.03. The molecule has 9 heteroatoms. The number of benzene rings is 1. The van der Waals surface area contributed by atoms with Gasteiger partial charge in [0.1, 0.15) is 10.7 Å². The molecule has 2 rings (SSSR count). The van der Waals surface area contributed by atoms with Crippen molar-refractivity contribution in [2.75, 3.05) is 4.72 Å². The molecule has 0 fully saturated rings. The minimum atomic E-state index is -4.16. The van der Waals surface area contributed by atoms with Gasteiger partial charge in [0.05, 0.1) is 0 Å². The number of nitrogens with zero attached hydrogens (tertiary/aromatic N) is 1. The monoisotopic (exact) mass is 305 g/mol. The lowest BCUT2D eigenvalue weighted by atomic mass is 10.2. The molecule has 0 radical (unpaired) electrons. The third-order valence-corrected chi connectivity index (χ3v) is 4.47. The molecule has 1 aromatic heterocycles. The van der Waals surface area contributed by atoms with Crippen LogP contribution >= 0.6 is 11.3 Å². The van der Waals surface area contributed by atoms with Gasteiger partial charge in [-0.2, -0.15) is 0 Å². The number of sulfonamides is 1. The molecule has 0 aliphatic carbocycles. The highest BCUT2D eigenvalue weighted by Gasteiger charge is 2.23. The molecule has 0 amide bonds. The van der Waals surface area contributed by atoms with Crippen molar-refractivity contribution in [1.29, 1.82) is 0 Å². The summed E-state index contributed by atoms with van der Waals surface area (Å²) in [4.78, 5) is 3.06. The van der Waals surface area contributed by atoms with Gasteiger partial charge in [0.2, 0.25) is 0 Å². The van der Waals surface area contributed by atoms with Crippen LogP contribution in [0, 0.1) is 11.6 Å². The van der Waals surface area contributed by atoms with Gasteiger partial charge >= 0.3 is 0 Å². The number of nitrogens with one attached hydrogen (secondary N) is 1. The normalized spacial score (nSPS) is 11.5. The average molecular weight is 305 g/mol. The number of nitrogens with two attached hydrogens (primary N) is 1. The zero-order valence-corrected chi connectivity index (χ0v) is 11.1. The lowest BCUT2D eigenvalue weighted by Crippen LogP contribution is -2.16. The number of aromatic nitrogens is 1. The van der Waals surface area contributed by atoms with E-state index < -0.39 is 38.7 Å². The number of anilines is 1. The van der Waals surface area contributed by atoms with Gasteiger partial charge in [-0.15, -0.1) is 11.3 Å². The Morgan fingerprint density at radius 3 is 2.68 bits per heavy atom. The fourth-order valence-electron chi connectivity index (χ4n) is 1.41. The van der Waals surface area contributed by atoms with Crippen LogP contribution in [0.4, 0.5) is 13.9 Å². The molecule has 0 saturated carbocycles. The van der Waals surface area contributed by atoms with Gasteiger partial charge in [0.25, 0.3) is 10.0 Å². The lowest BCUT2D eigenvalue weighted by molar-refractivity contribution is 0.530. The maximum Gasteiger partial charge on any atom is 0.266 e. The van der Waals surface area contributed by atoms with Crippen molar-refractivity contribution in [3.63, 3.8) is 0 Å². The number of rotatable bonds is 4. The molecule has 0 saturated heterocycles. The van der Waals surface area contributed by atoms with Crippen LogP contribution in [0.5, 0.6) is 0 Å². The summed E-state index contributed by atoms with van der Waals surface area (Å²) in [5.41, 5.74) is 4.72. The first-order chi connectivity index (χ1) is 8.95. The first-order valence-electron chi connectivity index (χ1n) is 5.05. The van der Waals surface area contributed by atoms with Crippen molar-refractivity contribution in [2.24, 2.45) is 5.73 Å². The summed E-state index contributed by atoms with van der Waals surface area (Å²) < 4.78 is 53.2. The molecule has 19 heavy (non-hydrogen) atoms. The third-order valence-electron chi connectivity index (χ3n) is 2.30. The van der Waals surface area contributed by atoms with Gasteiger partial charge in [-0.3, -0.25) is 4.72 Å². The molecule has 0 aliphatic rings. The van der Waals surface area contributed by atoms with E-state index in [1.807, 2.05) is 0 Å². The zero-order chi connectivity index (χ0) is 14.0. The molecular weight excluding hydrogens is 296 g/mol. The Bertz CT molecular complexity index is 687. The predicted molar refractivity (Wildman–Crippen MR) is 67.2 cm³/mol. The maximum absolute atomic E-state index is 13.9. The van der Waals surface area contributed by atoms with E-state index in [9.17, 15) is 17.2 Å². The van der Waals surface area contributed by atoms with E-state index in [2.05, 4.69) is 9.71 Å². The van der Waals surface area contributed by atoms with Crippen LogP contribution < -0.4 is 10.5 Å². The van der Waals surface area contributed by atoms with Crippen LogP contribution in [0.25, 0.3) is 0 Å². The summed E-state index contributed by atoms with van der Waals surface area (Å²) in [6.45, 7) is -0.432. The quantitative estimate of drug-likeness (QED) is 0.900. The lowest BCUT2D eigenvalue weighted by Gasteiger charge is -2.09. The van der Waals surface area contributed by atoms with Crippen LogP contribution in [0.3, 0.4) is 0 Å². The molecule has 0 bridgehead atoms. The molecule has 1 heterocycles. The van der Waals surface area contributed by atoms with E-state index in [-0.39, 0.29) is 5.13 Å². The summed E-state index contributed by atoms with van der Waals surface area (Å²) in [5.74, 6) is -2.07. The maximum atomic E-state index is 13.9. The molecule has 3 N–H and O–H groups in total. The molecule has 102 valence electrons. The highest BCUT2D eigenvalue weighted by atomic mass is 32.2. The van der Waals surface area contributed by atoms with Crippen LogP contribution in [0.2, 0.25) is 0 Å². The van der Waals surface area contributed by atoms with Crippen molar-refractivity contribution < 1.29 is 17.2 Å². The fourth-order valence-corrected chi connectivity index (χ4v) is 3.31. The second kappa shape index (κ2) is 5.19. The number of hydrogen-bond acceptors (Lipinski definition) is 5. The summed E-state index contributed by atoms with van der Waals surface area (Å²) in [6, 6.07) is 1.71. The van der Waals surface area contributed by atoms with Gasteiger partial charge in [-0.05, 0) is 12.1 Å². The highest BCUT2D eigenvalue weighted by molar-refractivity contribution is 7.93. The zero-order valence-electron chi connectivity index (χ0n) is 9.43. The van der Waals surface area contributed by atoms with Gasteiger partial charge in [-0.1, -0.05) is 0 Å². The Balaban J connectivity index is 2.47. The molecule has 0 atom stereocenters. The predicted octanol–water partition coefficient (Wildman–Crippen LogP) is 1.68. The van der Waals surface area contributed by atoms with Gasteiger partial charge in [-0.25, -0.2) is 22.2 Å². The van der Waals surface area contributed by atoms with Crippen LogP contribution in [0.1, 0.15) is 5.56 Å². The SMILES string of the molecule is NCc1c(F)ccc(S(=O)(=O)Nc2nccs2)c1F. The highest BCUT2D eigenvalue weighted by Crippen LogP contribution is 2.23. The number of thiazole rings is 1. The van der Waals surface area contributed by atoms with E-state index in [0.29, 0.717) is 0 Å². The third kappa shape index (κ3) is 2.72. The topological polar surface area (TPSA) is 85.1 Å². The fraction of sp³-hybridized carbons (Fsp3) is 0.100. The van der Waals surface area contributed by atoms with Crippen molar-refractivity contribution in [2.45, 2.75) is 11.4 Å². The van der Waals surface area contributed by atoms with Gasteiger partial charge in [0.15, 0.2) is 10.9 Å². The van der Waals surface area contributed by atoms with Crippen molar-refractivity contribution in [1.82, 2.24) is 4.98 Å². The summed E-state index contributed by atoms with van der Waals surface area (Å²) in [5, 5.41) is 1.66. The van der Waals surface area contributed by atoms with Gasteiger partial charge in [0, 0.05) is 23.7 Å². The molecule has 0 spiro atoms. The smallest absolute Gasteiger partial charge is 0.266 e. The van der Waals surface area contributed by atoms with E-state index in [0.717, 1.165) is 23.5 Å². The number of hydrogen-bond donors (Lipinski definition) is 2. The molecule has 2 aromatic rings. The van der Waals surface area contributed by atoms with E-state index in [4.69, 9.17) is 5.73 Å². The molecule has 0 unspecified atom stereocenters. The second-order valence-electron chi connectivity index (χ2n) is 3.48. The Kier molecular flexibility index (Phi) is 3.78. The van der Waals surface area contributed by atoms with E-state index >= 15 is 0 Å². The molecular formula is C10H9F2N3O2S2. The summed E-state index contributed by atoms with van der Waals surface area (Å²) in [6.07, 6.45) is 1.40. The van der Waals surface area contributed by atoms with Crippen molar-refractivity contribution in [3.8, 4) is 0 Å². The minimum absolute atomic E-state index is 0.0954. The molecule has 5 nitrogen and oxygen atoms in total. The molecule has 0 aliphatic heterocycles. The van der Waals surface area contributed by atoms with Crippen LogP contribution in [-0.4, -0.2) is 13.4 Å². The van der Waals surface area contributed by atoms with Crippen molar-refractivity contribution in [3.05, 3.63) is 40.9 Å². The standard InChI is InChI=1S/C10H9F2N3O2S2/c11-7-1-2-8(9(12)6(7)5-13)19(16,17)15-10-14-3-4-18-10/h1-4H,5,13H2,(H,14,15). The summed E-state index contributed by atoms with van der Waals surface area (Å²) in [7, 11) is -4.16. The Hall–Kier alpha value is -1.58. The Morgan fingerprint density at radius 2 is 2.11 bits per heavy atom. The first-order valence-corrected chi connectivity index (χ1v) is 7.41. The molecule has 1 aromatic carbocycles. The minimum Gasteiger partial charge on any atom is -0.326 e. The van der Waals surface area contributed by atoms with E-state index in [1.165, 1.54) is 6.20 Å². The van der Waals surface area contributed by atoms with Gasteiger partial charge < -0.3 is 5.73 Å². The van der Waals surface area contributed by atoms with Crippen LogP contribution in [-0.2, 0) is 16.6 Å². The summed E-state index contributed by atoms with van der Waals surface area (Å²) >= 11 is 1.04.